The third-order valence-electron chi connectivity index (χ3n) is 2.83. The monoisotopic (exact) mass is 325 g/mol. The Labute approximate surface area is 118 Å². The standard InChI is InChI=1S/C13H13BrFN3O/c1-7-4-11(10(15)5-9(7)14)17-13(19)12-8(2)6-16-18(12)3/h4-6H,1-3H3,(H,17,19). The predicted octanol–water partition coefficient (Wildman–Crippen LogP) is 3.19. The first-order valence-corrected chi connectivity index (χ1v) is 6.45. The van der Waals surface area contributed by atoms with E-state index in [0.29, 0.717) is 10.2 Å². The van der Waals surface area contributed by atoms with Crippen LogP contribution in [-0.2, 0) is 7.05 Å². The molecule has 0 aliphatic heterocycles. The molecule has 0 fully saturated rings. The third-order valence-corrected chi connectivity index (χ3v) is 3.69. The molecule has 0 spiro atoms. The van der Waals surface area contributed by atoms with Gasteiger partial charge in [-0.1, -0.05) is 15.9 Å². The molecule has 0 atom stereocenters. The Bertz CT molecular complexity index is 632. The van der Waals surface area contributed by atoms with Crippen LogP contribution in [0.3, 0.4) is 0 Å². The maximum absolute atomic E-state index is 13.8. The van der Waals surface area contributed by atoms with E-state index in [1.54, 1.807) is 26.2 Å². The van der Waals surface area contributed by atoms with E-state index in [9.17, 15) is 9.18 Å². The molecule has 1 N–H and O–H groups in total. The summed E-state index contributed by atoms with van der Waals surface area (Å²) in [6.07, 6.45) is 1.60. The molecule has 0 saturated heterocycles. The van der Waals surface area contributed by atoms with Crippen molar-refractivity contribution in [1.82, 2.24) is 9.78 Å². The molecule has 2 aromatic rings. The molecule has 0 aliphatic carbocycles. The topological polar surface area (TPSA) is 46.9 Å². The molecule has 1 aromatic heterocycles. The Balaban J connectivity index is 2.32. The minimum absolute atomic E-state index is 0.159. The van der Waals surface area contributed by atoms with E-state index >= 15 is 0 Å². The second-order valence-corrected chi connectivity index (χ2v) is 5.19. The molecule has 100 valence electrons. The number of carbonyl (C=O) groups excluding carboxylic acids is 1. The number of hydrogen-bond acceptors (Lipinski definition) is 2. The summed E-state index contributed by atoms with van der Waals surface area (Å²) >= 11 is 3.24. The molecule has 0 aliphatic rings. The number of hydrogen-bond donors (Lipinski definition) is 1. The molecule has 4 nitrogen and oxygen atoms in total. The van der Waals surface area contributed by atoms with Gasteiger partial charge in [-0.2, -0.15) is 5.10 Å². The molecule has 1 amide bonds. The number of nitrogens with zero attached hydrogens (tertiary/aromatic N) is 2. The molecule has 0 bridgehead atoms. The number of aromatic nitrogens is 2. The highest BCUT2D eigenvalue weighted by molar-refractivity contribution is 9.10. The first kappa shape index (κ1) is 13.7. The van der Waals surface area contributed by atoms with E-state index in [1.165, 1.54) is 10.7 Å². The van der Waals surface area contributed by atoms with E-state index in [4.69, 9.17) is 0 Å². The highest BCUT2D eigenvalue weighted by atomic mass is 79.9. The van der Waals surface area contributed by atoms with E-state index < -0.39 is 5.82 Å². The van der Waals surface area contributed by atoms with Crippen LogP contribution in [-0.4, -0.2) is 15.7 Å². The number of amides is 1. The van der Waals surface area contributed by atoms with Crippen LogP contribution in [0.4, 0.5) is 10.1 Å². The van der Waals surface area contributed by atoms with E-state index in [2.05, 4.69) is 26.3 Å². The van der Waals surface area contributed by atoms with Gasteiger partial charge < -0.3 is 5.32 Å². The van der Waals surface area contributed by atoms with Gasteiger partial charge in [-0.05, 0) is 37.1 Å². The summed E-state index contributed by atoms with van der Waals surface area (Å²) in [4.78, 5) is 12.1. The summed E-state index contributed by atoms with van der Waals surface area (Å²) in [6.45, 7) is 3.61. The first-order valence-electron chi connectivity index (χ1n) is 5.65. The zero-order valence-corrected chi connectivity index (χ0v) is 12.4. The molecule has 0 radical (unpaired) electrons. The Kier molecular flexibility index (Phi) is 3.71. The fraction of sp³-hybridized carbons (Fsp3) is 0.231. The Morgan fingerprint density at radius 2 is 2.05 bits per heavy atom. The lowest BCUT2D eigenvalue weighted by molar-refractivity contribution is 0.101. The molecule has 1 heterocycles. The maximum atomic E-state index is 13.8. The van der Waals surface area contributed by atoms with Crippen LogP contribution < -0.4 is 5.32 Å². The van der Waals surface area contributed by atoms with Gasteiger partial charge in [0, 0.05) is 11.5 Å². The second-order valence-electron chi connectivity index (χ2n) is 4.34. The quantitative estimate of drug-likeness (QED) is 0.921. The van der Waals surface area contributed by atoms with Gasteiger partial charge in [0.05, 0.1) is 11.9 Å². The van der Waals surface area contributed by atoms with Gasteiger partial charge in [-0.25, -0.2) is 4.39 Å². The van der Waals surface area contributed by atoms with Crippen molar-refractivity contribution in [3.63, 3.8) is 0 Å². The molecule has 0 saturated carbocycles. The summed E-state index contributed by atoms with van der Waals surface area (Å²) in [7, 11) is 1.67. The lowest BCUT2D eigenvalue weighted by atomic mass is 10.2. The summed E-state index contributed by atoms with van der Waals surface area (Å²) in [6, 6.07) is 2.92. The zero-order chi connectivity index (χ0) is 14.2. The highest BCUT2D eigenvalue weighted by Gasteiger charge is 2.16. The lowest BCUT2D eigenvalue weighted by Gasteiger charge is -2.09. The van der Waals surface area contributed by atoms with Crippen LogP contribution in [0.2, 0.25) is 0 Å². The molecular formula is C13H13BrFN3O. The number of rotatable bonds is 2. The van der Waals surface area contributed by atoms with Gasteiger partial charge in [0.15, 0.2) is 0 Å². The zero-order valence-electron chi connectivity index (χ0n) is 10.8. The van der Waals surface area contributed by atoms with Crippen molar-refractivity contribution in [3.8, 4) is 0 Å². The predicted molar refractivity (Wildman–Crippen MR) is 74.7 cm³/mol. The van der Waals surface area contributed by atoms with Gasteiger partial charge in [-0.3, -0.25) is 9.48 Å². The number of carbonyl (C=O) groups is 1. The smallest absolute Gasteiger partial charge is 0.274 e. The van der Waals surface area contributed by atoms with Crippen molar-refractivity contribution >= 4 is 27.5 Å². The number of nitrogens with one attached hydrogen (secondary N) is 1. The fourth-order valence-electron chi connectivity index (χ4n) is 1.81. The Hall–Kier alpha value is -1.69. The average Bonchev–Trinajstić information content (AvgIpc) is 2.66. The second kappa shape index (κ2) is 5.13. The fourth-order valence-corrected chi connectivity index (χ4v) is 2.12. The average molecular weight is 326 g/mol. The van der Waals surface area contributed by atoms with Gasteiger partial charge in [0.2, 0.25) is 0 Å². The van der Waals surface area contributed by atoms with Gasteiger partial charge in [0.25, 0.3) is 5.91 Å². The Morgan fingerprint density at radius 3 is 2.63 bits per heavy atom. The van der Waals surface area contributed by atoms with Crippen molar-refractivity contribution in [1.29, 1.82) is 0 Å². The largest absolute Gasteiger partial charge is 0.318 e. The lowest BCUT2D eigenvalue weighted by Crippen LogP contribution is -2.18. The van der Waals surface area contributed by atoms with E-state index in [-0.39, 0.29) is 11.6 Å². The third kappa shape index (κ3) is 2.68. The molecule has 6 heteroatoms. The maximum Gasteiger partial charge on any atom is 0.274 e. The molecule has 19 heavy (non-hydrogen) atoms. The number of anilines is 1. The first-order chi connectivity index (χ1) is 8.90. The SMILES string of the molecule is Cc1cc(NC(=O)c2c(C)cnn2C)c(F)cc1Br. The molecule has 2 rings (SSSR count). The summed E-state index contributed by atoms with van der Waals surface area (Å²) < 4.78 is 15.9. The highest BCUT2D eigenvalue weighted by Crippen LogP contribution is 2.24. The molecule has 1 aromatic carbocycles. The van der Waals surface area contributed by atoms with Crippen molar-refractivity contribution < 1.29 is 9.18 Å². The normalized spacial score (nSPS) is 10.6. The van der Waals surface area contributed by atoms with Crippen molar-refractivity contribution in [2.24, 2.45) is 7.05 Å². The van der Waals surface area contributed by atoms with Crippen molar-refractivity contribution in [3.05, 3.63) is 45.4 Å². The van der Waals surface area contributed by atoms with Gasteiger partial charge in [0.1, 0.15) is 11.5 Å². The number of aryl methyl sites for hydroxylation is 3. The van der Waals surface area contributed by atoms with Gasteiger partial charge in [-0.15, -0.1) is 0 Å². The summed E-state index contributed by atoms with van der Waals surface area (Å²) in [5.41, 5.74) is 2.17. The number of halogens is 2. The number of benzene rings is 1. The minimum atomic E-state index is -0.481. The summed E-state index contributed by atoms with van der Waals surface area (Å²) in [5, 5.41) is 6.55. The Morgan fingerprint density at radius 1 is 1.37 bits per heavy atom. The van der Waals surface area contributed by atoms with E-state index in [0.717, 1.165) is 11.1 Å². The van der Waals surface area contributed by atoms with Gasteiger partial charge >= 0.3 is 0 Å². The van der Waals surface area contributed by atoms with Crippen LogP contribution in [0, 0.1) is 19.7 Å². The minimum Gasteiger partial charge on any atom is -0.318 e. The van der Waals surface area contributed by atoms with Crippen LogP contribution >= 0.6 is 15.9 Å². The van der Waals surface area contributed by atoms with Crippen LogP contribution in [0.15, 0.2) is 22.8 Å². The van der Waals surface area contributed by atoms with Crippen molar-refractivity contribution in [2.75, 3.05) is 5.32 Å². The molecule has 0 unspecified atom stereocenters. The van der Waals surface area contributed by atoms with Crippen molar-refractivity contribution in [2.45, 2.75) is 13.8 Å². The van der Waals surface area contributed by atoms with Crippen LogP contribution in [0.1, 0.15) is 21.6 Å². The van der Waals surface area contributed by atoms with E-state index in [1.807, 2.05) is 6.92 Å². The van der Waals surface area contributed by atoms with Crippen LogP contribution in [0.5, 0.6) is 0 Å². The molecular weight excluding hydrogens is 313 g/mol. The summed E-state index contributed by atoms with van der Waals surface area (Å²) in [5.74, 6) is -0.858. The van der Waals surface area contributed by atoms with Crippen LogP contribution in [0.25, 0.3) is 0 Å².